The number of benzene rings is 1. The number of aromatic nitrogens is 1. The predicted molar refractivity (Wildman–Crippen MR) is 88.0 cm³/mol. The lowest BCUT2D eigenvalue weighted by Crippen LogP contribution is -2.16. The minimum atomic E-state index is -0.215. The number of nitrogens with one attached hydrogen (secondary N) is 1. The standard InChI is InChI=1S/C17H18N4O2/c1-3-23-17-13(10-18)14(19)9-15(21-17)20-16(22)8-12-6-4-11(2)5-7-12/h4-7,9H,3,8H2,1-2H3,(H3,19,20,21,22). The molecule has 1 heterocycles. The van der Waals surface area contributed by atoms with Gasteiger partial charge < -0.3 is 15.8 Å². The fraction of sp³-hybridized carbons (Fsp3) is 0.235. The highest BCUT2D eigenvalue weighted by Crippen LogP contribution is 2.25. The molecule has 0 fully saturated rings. The number of aryl methyl sites for hydroxylation is 1. The third-order valence-electron chi connectivity index (χ3n) is 3.16. The number of pyridine rings is 1. The summed E-state index contributed by atoms with van der Waals surface area (Å²) in [5, 5.41) is 11.8. The lowest BCUT2D eigenvalue weighted by molar-refractivity contribution is -0.115. The van der Waals surface area contributed by atoms with Crippen LogP contribution in [0.25, 0.3) is 0 Å². The van der Waals surface area contributed by atoms with Crippen LogP contribution in [0.2, 0.25) is 0 Å². The van der Waals surface area contributed by atoms with Gasteiger partial charge >= 0.3 is 0 Å². The maximum Gasteiger partial charge on any atom is 0.235 e. The lowest BCUT2D eigenvalue weighted by Gasteiger charge is -2.10. The number of amides is 1. The van der Waals surface area contributed by atoms with Crippen LogP contribution in [-0.4, -0.2) is 17.5 Å². The third-order valence-corrected chi connectivity index (χ3v) is 3.16. The summed E-state index contributed by atoms with van der Waals surface area (Å²) < 4.78 is 5.30. The number of ether oxygens (including phenoxy) is 1. The Bertz CT molecular complexity index is 748. The molecule has 1 aromatic heterocycles. The molecule has 1 aromatic carbocycles. The topological polar surface area (TPSA) is 101 Å². The SMILES string of the molecule is CCOc1nc(NC(=O)Cc2ccc(C)cc2)cc(N)c1C#N. The molecule has 2 rings (SSSR count). The average Bonchev–Trinajstić information content (AvgIpc) is 2.50. The quantitative estimate of drug-likeness (QED) is 0.883. The summed E-state index contributed by atoms with van der Waals surface area (Å²) in [6.07, 6.45) is 0.228. The second kappa shape index (κ2) is 7.27. The van der Waals surface area contributed by atoms with Gasteiger partial charge in [0.2, 0.25) is 11.8 Å². The number of nitrogens with zero attached hydrogens (tertiary/aromatic N) is 2. The van der Waals surface area contributed by atoms with Gasteiger partial charge in [-0.25, -0.2) is 0 Å². The van der Waals surface area contributed by atoms with Crippen molar-refractivity contribution >= 4 is 17.4 Å². The van der Waals surface area contributed by atoms with Crippen molar-refractivity contribution in [3.05, 3.63) is 47.0 Å². The Labute approximate surface area is 134 Å². The zero-order valence-corrected chi connectivity index (χ0v) is 13.1. The van der Waals surface area contributed by atoms with Crippen LogP contribution in [-0.2, 0) is 11.2 Å². The largest absolute Gasteiger partial charge is 0.477 e. The summed E-state index contributed by atoms with van der Waals surface area (Å²) in [4.78, 5) is 16.2. The van der Waals surface area contributed by atoms with Crippen molar-refractivity contribution in [2.75, 3.05) is 17.7 Å². The van der Waals surface area contributed by atoms with Crippen molar-refractivity contribution in [1.82, 2.24) is 4.98 Å². The maximum absolute atomic E-state index is 12.1. The van der Waals surface area contributed by atoms with Gasteiger partial charge in [-0.15, -0.1) is 0 Å². The van der Waals surface area contributed by atoms with Crippen molar-refractivity contribution in [3.8, 4) is 11.9 Å². The van der Waals surface area contributed by atoms with E-state index >= 15 is 0 Å². The van der Waals surface area contributed by atoms with E-state index in [0.29, 0.717) is 6.61 Å². The van der Waals surface area contributed by atoms with Crippen molar-refractivity contribution in [2.45, 2.75) is 20.3 Å². The number of hydrogen-bond donors (Lipinski definition) is 2. The van der Waals surface area contributed by atoms with Crippen LogP contribution in [0, 0.1) is 18.3 Å². The minimum Gasteiger partial charge on any atom is -0.477 e. The molecule has 0 bridgehead atoms. The van der Waals surface area contributed by atoms with Gasteiger partial charge in [-0.3, -0.25) is 4.79 Å². The predicted octanol–water partition coefficient (Wildman–Crippen LogP) is 2.42. The molecule has 0 aliphatic carbocycles. The number of carbonyl (C=O) groups excluding carboxylic acids is 1. The monoisotopic (exact) mass is 310 g/mol. The van der Waals surface area contributed by atoms with Gasteiger partial charge in [0.25, 0.3) is 0 Å². The summed E-state index contributed by atoms with van der Waals surface area (Å²) >= 11 is 0. The molecule has 2 aromatic rings. The summed E-state index contributed by atoms with van der Waals surface area (Å²) in [6.45, 7) is 4.12. The van der Waals surface area contributed by atoms with Gasteiger partial charge in [0.05, 0.1) is 18.7 Å². The fourth-order valence-corrected chi connectivity index (χ4v) is 2.04. The minimum absolute atomic E-state index is 0.126. The summed E-state index contributed by atoms with van der Waals surface area (Å²) in [7, 11) is 0. The van der Waals surface area contributed by atoms with Gasteiger partial charge in [0, 0.05) is 6.07 Å². The van der Waals surface area contributed by atoms with E-state index in [2.05, 4.69) is 10.3 Å². The molecule has 6 nitrogen and oxygen atoms in total. The first-order valence-corrected chi connectivity index (χ1v) is 7.22. The van der Waals surface area contributed by atoms with Crippen LogP contribution < -0.4 is 15.8 Å². The molecular weight excluding hydrogens is 292 g/mol. The fourth-order valence-electron chi connectivity index (χ4n) is 2.04. The number of carbonyl (C=O) groups is 1. The van der Waals surface area contributed by atoms with E-state index in [1.54, 1.807) is 6.92 Å². The highest BCUT2D eigenvalue weighted by Gasteiger charge is 2.13. The first kappa shape index (κ1) is 16.3. The van der Waals surface area contributed by atoms with Gasteiger partial charge in [-0.05, 0) is 19.4 Å². The van der Waals surface area contributed by atoms with E-state index < -0.39 is 0 Å². The second-order valence-corrected chi connectivity index (χ2v) is 5.03. The van der Waals surface area contributed by atoms with E-state index in [-0.39, 0.29) is 35.3 Å². The Kier molecular flexibility index (Phi) is 5.15. The molecule has 0 saturated carbocycles. The summed E-state index contributed by atoms with van der Waals surface area (Å²) in [5.41, 5.74) is 8.24. The molecule has 118 valence electrons. The van der Waals surface area contributed by atoms with Crippen molar-refractivity contribution in [2.24, 2.45) is 0 Å². The van der Waals surface area contributed by atoms with Crippen molar-refractivity contribution < 1.29 is 9.53 Å². The third kappa shape index (κ3) is 4.20. The molecule has 0 aliphatic rings. The summed E-state index contributed by atoms with van der Waals surface area (Å²) in [5.74, 6) is 0.176. The van der Waals surface area contributed by atoms with Crippen LogP contribution in [0.4, 0.5) is 11.5 Å². The van der Waals surface area contributed by atoms with Gasteiger partial charge in [-0.1, -0.05) is 29.8 Å². The number of nitrogens with two attached hydrogens (primary N) is 1. The number of hydrogen-bond acceptors (Lipinski definition) is 5. The average molecular weight is 310 g/mol. The van der Waals surface area contributed by atoms with E-state index in [1.807, 2.05) is 37.3 Å². The molecule has 0 atom stereocenters. The molecule has 6 heteroatoms. The zero-order valence-electron chi connectivity index (χ0n) is 13.1. The Balaban J connectivity index is 2.14. The van der Waals surface area contributed by atoms with E-state index in [1.165, 1.54) is 6.07 Å². The Morgan fingerprint density at radius 2 is 2.09 bits per heavy atom. The molecule has 1 amide bonds. The van der Waals surface area contributed by atoms with Gasteiger partial charge in [-0.2, -0.15) is 10.2 Å². The normalized spacial score (nSPS) is 9.96. The molecule has 3 N–H and O–H groups in total. The van der Waals surface area contributed by atoms with E-state index in [9.17, 15) is 4.79 Å². The highest BCUT2D eigenvalue weighted by molar-refractivity contribution is 5.92. The number of nitriles is 1. The Hall–Kier alpha value is -3.07. The molecule has 0 aliphatic heterocycles. The van der Waals surface area contributed by atoms with Gasteiger partial charge in [0.1, 0.15) is 17.5 Å². The summed E-state index contributed by atoms with van der Waals surface area (Å²) in [6, 6.07) is 11.1. The van der Waals surface area contributed by atoms with E-state index in [0.717, 1.165) is 11.1 Å². The van der Waals surface area contributed by atoms with Gasteiger partial charge in [0.15, 0.2) is 0 Å². The number of nitrogen functional groups attached to an aromatic ring is 1. The smallest absolute Gasteiger partial charge is 0.235 e. The van der Waals surface area contributed by atoms with Crippen LogP contribution in [0.5, 0.6) is 5.88 Å². The first-order valence-electron chi connectivity index (χ1n) is 7.22. The number of anilines is 2. The van der Waals surface area contributed by atoms with E-state index in [4.69, 9.17) is 15.7 Å². The molecule has 0 saturated heterocycles. The second-order valence-electron chi connectivity index (χ2n) is 5.03. The van der Waals surface area contributed by atoms with Crippen LogP contribution >= 0.6 is 0 Å². The maximum atomic E-state index is 12.1. The Morgan fingerprint density at radius 1 is 1.39 bits per heavy atom. The van der Waals surface area contributed by atoms with Crippen molar-refractivity contribution in [1.29, 1.82) is 5.26 Å². The zero-order chi connectivity index (χ0) is 16.8. The molecular formula is C17H18N4O2. The molecule has 0 spiro atoms. The first-order chi connectivity index (χ1) is 11.0. The van der Waals surface area contributed by atoms with Crippen LogP contribution in [0.3, 0.4) is 0 Å². The van der Waals surface area contributed by atoms with Crippen LogP contribution in [0.1, 0.15) is 23.6 Å². The number of rotatable bonds is 5. The van der Waals surface area contributed by atoms with Crippen molar-refractivity contribution in [3.63, 3.8) is 0 Å². The highest BCUT2D eigenvalue weighted by atomic mass is 16.5. The molecule has 23 heavy (non-hydrogen) atoms. The lowest BCUT2D eigenvalue weighted by atomic mass is 10.1. The molecule has 0 unspecified atom stereocenters. The Morgan fingerprint density at radius 3 is 2.70 bits per heavy atom. The molecule has 0 radical (unpaired) electrons. The van der Waals surface area contributed by atoms with Crippen LogP contribution in [0.15, 0.2) is 30.3 Å².